The van der Waals surface area contributed by atoms with Crippen LogP contribution >= 0.6 is 0 Å². The van der Waals surface area contributed by atoms with Crippen molar-refractivity contribution in [3.05, 3.63) is 18.0 Å². The summed E-state index contributed by atoms with van der Waals surface area (Å²) in [6.07, 6.45) is 1.84. The van der Waals surface area contributed by atoms with Gasteiger partial charge in [-0.1, -0.05) is 0 Å². The van der Waals surface area contributed by atoms with Gasteiger partial charge in [-0.2, -0.15) is 0 Å². The van der Waals surface area contributed by atoms with Crippen molar-refractivity contribution in [2.24, 2.45) is 0 Å². The van der Waals surface area contributed by atoms with Gasteiger partial charge in [0.15, 0.2) is 0 Å². The van der Waals surface area contributed by atoms with Crippen molar-refractivity contribution in [3.8, 4) is 0 Å². The molecule has 1 saturated heterocycles. The van der Waals surface area contributed by atoms with Gasteiger partial charge in [0.1, 0.15) is 0 Å². The van der Waals surface area contributed by atoms with Crippen molar-refractivity contribution in [2.75, 3.05) is 24.5 Å². The molecule has 4 nitrogen and oxygen atoms in total. The molecule has 0 bridgehead atoms. The molecular weight excluding hydrogens is 212 g/mol. The zero-order chi connectivity index (χ0) is 12.4. The summed E-state index contributed by atoms with van der Waals surface area (Å²) in [5.41, 5.74) is 1.04. The van der Waals surface area contributed by atoms with E-state index in [0.717, 1.165) is 31.3 Å². The smallest absolute Gasteiger partial charge is 0.225 e. The number of nitrogens with zero attached hydrogens (tertiary/aromatic N) is 4. The maximum Gasteiger partial charge on any atom is 0.225 e. The summed E-state index contributed by atoms with van der Waals surface area (Å²) >= 11 is 0. The topological polar surface area (TPSA) is 32.3 Å². The minimum atomic E-state index is 0.563. The molecule has 0 aromatic carbocycles. The Morgan fingerprint density at radius 1 is 1.35 bits per heavy atom. The molecule has 4 heteroatoms. The molecule has 1 aliphatic rings. The molecule has 1 aromatic rings. The van der Waals surface area contributed by atoms with Crippen LogP contribution in [0, 0.1) is 6.92 Å². The highest BCUT2D eigenvalue weighted by Crippen LogP contribution is 2.16. The van der Waals surface area contributed by atoms with E-state index >= 15 is 0 Å². The zero-order valence-electron chi connectivity index (χ0n) is 11.2. The second-order valence-corrected chi connectivity index (χ2v) is 5.12. The van der Waals surface area contributed by atoms with Crippen LogP contribution in [0.2, 0.25) is 0 Å². The summed E-state index contributed by atoms with van der Waals surface area (Å²) < 4.78 is 0. The third kappa shape index (κ3) is 2.75. The van der Waals surface area contributed by atoms with Crippen LogP contribution in [-0.4, -0.2) is 46.6 Å². The fourth-order valence-electron chi connectivity index (χ4n) is 2.51. The van der Waals surface area contributed by atoms with Gasteiger partial charge in [-0.25, -0.2) is 9.97 Å². The number of hydrogen-bond donors (Lipinski definition) is 0. The lowest BCUT2D eigenvalue weighted by Crippen LogP contribution is -2.54. The molecule has 1 aromatic heterocycles. The lowest BCUT2D eigenvalue weighted by atomic mass is 10.1. The number of aryl methyl sites for hydroxylation is 1. The van der Waals surface area contributed by atoms with Gasteiger partial charge in [-0.05, 0) is 33.8 Å². The minimum Gasteiger partial charge on any atom is -0.338 e. The van der Waals surface area contributed by atoms with Crippen LogP contribution in [0.25, 0.3) is 0 Å². The Morgan fingerprint density at radius 3 is 2.71 bits per heavy atom. The van der Waals surface area contributed by atoms with E-state index < -0.39 is 0 Å². The van der Waals surface area contributed by atoms with Crippen LogP contribution in [0.15, 0.2) is 12.3 Å². The molecule has 0 spiro atoms. The van der Waals surface area contributed by atoms with Crippen molar-refractivity contribution in [2.45, 2.75) is 39.8 Å². The largest absolute Gasteiger partial charge is 0.338 e. The Balaban J connectivity index is 2.07. The fraction of sp³-hybridized carbons (Fsp3) is 0.692. The summed E-state index contributed by atoms with van der Waals surface area (Å²) in [7, 11) is 0. The van der Waals surface area contributed by atoms with E-state index in [0.29, 0.717) is 12.1 Å². The molecule has 1 atom stereocenters. The summed E-state index contributed by atoms with van der Waals surface area (Å²) in [6, 6.07) is 3.12. The van der Waals surface area contributed by atoms with Crippen molar-refractivity contribution in [1.82, 2.24) is 14.9 Å². The van der Waals surface area contributed by atoms with Crippen molar-refractivity contribution < 1.29 is 0 Å². The molecule has 94 valence electrons. The lowest BCUT2D eigenvalue weighted by Gasteiger charge is -2.42. The molecule has 0 saturated carbocycles. The minimum absolute atomic E-state index is 0.563. The van der Waals surface area contributed by atoms with Gasteiger partial charge >= 0.3 is 0 Å². The molecule has 0 amide bonds. The number of piperazine rings is 1. The van der Waals surface area contributed by atoms with Crippen LogP contribution in [0.5, 0.6) is 0 Å². The standard InChI is InChI=1S/C13H22N4/c1-10(2)17-8-7-16(9-12(17)4)13-14-6-5-11(3)15-13/h5-6,10,12H,7-9H2,1-4H3/t12-/m0/s1. The van der Waals surface area contributed by atoms with E-state index in [2.05, 4.69) is 40.5 Å². The molecule has 1 fully saturated rings. The average molecular weight is 234 g/mol. The first kappa shape index (κ1) is 12.3. The van der Waals surface area contributed by atoms with Crippen molar-refractivity contribution in [3.63, 3.8) is 0 Å². The predicted molar refractivity (Wildman–Crippen MR) is 70.3 cm³/mol. The summed E-state index contributed by atoms with van der Waals surface area (Å²) in [4.78, 5) is 13.7. The monoisotopic (exact) mass is 234 g/mol. The van der Waals surface area contributed by atoms with Gasteiger partial charge in [0.25, 0.3) is 0 Å². The predicted octanol–water partition coefficient (Wildman–Crippen LogP) is 1.70. The van der Waals surface area contributed by atoms with E-state index in [4.69, 9.17) is 0 Å². The van der Waals surface area contributed by atoms with Crippen molar-refractivity contribution in [1.29, 1.82) is 0 Å². The molecule has 2 rings (SSSR count). The third-order valence-corrected chi connectivity index (χ3v) is 3.41. The molecule has 17 heavy (non-hydrogen) atoms. The van der Waals surface area contributed by atoms with Gasteiger partial charge in [0.05, 0.1) is 0 Å². The molecule has 0 N–H and O–H groups in total. The Labute approximate surface area is 104 Å². The summed E-state index contributed by atoms with van der Waals surface area (Å²) in [5, 5.41) is 0. The fourth-order valence-corrected chi connectivity index (χ4v) is 2.51. The van der Waals surface area contributed by atoms with Gasteiger partial charge < -0.3 is 4.90 Å². The number of anilines is 1. The molecule has 0 radical (unpaired) electrons. The van der Waals surface area contributed by atoms with Gasteiger partial charge in [0, 0.05) is 43.6 Å². The van der Waals surface area contributed by atoms with Crippen LogP contribution in [0.4, 0.5) is 5.95 Å². The van der Waals surface area contributed by atoms with E-state index in [1.165, 1.54) is 0 Å². The number of aromatic nitrogens is 2. The quantitative estimate of drug-likeness (QED) is 0.779. The van der Waals surface area contributed by atoms with E-state index in [1.807, 2.05) is 19.2 Å². The highest BCUT2D eigenvalue weighted by atomic mass is 15.3. The summed E-state index contributed by atoms with van der Waals surface area (Å²) in [5.74, 6) is 0.875. The second kappa shape index (κ2) is 5.00. The average Bonchev–Trinajstić information content (AvgIpc) is 2.28. The second-order valence-electron chi connectivity index (χ2n) is 5.12. The van der Waals surface area contributed by atoms with Gasteiger partial charge in [-0.15, -0.1) is 0 Å². The van der Waals surface area contributed by atoms with E-state index in [-0.39, 0.29) is 0 Å². The SMILES string of the molecule is Cc1ccnc(N2CCN(C(C)C)[C@@H](C)C2)n1. The third-order valence-electron chi connectivity index (χ3n) is 3.41. The maximum absolute atomic E-state index is 4.50. The van der Waals surface area contributed by atoms with Gasteiger partial charge in [0.2, 0.25) is 5.95 Å². The van der Waals surface area contributed by atoms with Crippen LogP contribution < -0.4 is 4.90 Å². The first-order chi connectivity index (χ1) is 8.08. The van der Waals surface area contributed by atoms with Crippen LogP contribution in [0.1, 0.15) is 26.5 Å². The van der Waals surface area contributed by atoms with E-state index in [9.17, 15) is 0 Å². The summed E-state index contributed by atoms with van der Waals surface area (Å²) in [6.45, 7) is 11.9. The highest BCUT2D eigenvalue weighted by Gasteiger charge is 2.26. The maximum atomic E-state index is 4.50. The zero-order valence-corrected chi connectivity index (χ0v) is 11.2. The Kier molecular flexibility index (Phi) is 3.62. The van der Waals surface area contributed by atoms with Crippen molar-refractivity contribution >= 4 is 5.95 Å². The number of rotatable bonds is 2. The highest BCUT2D eigenvalue weighted by molar-refractivity contribution is 5.31. The van der Waals surface area contributed by atoms with Gasteiger partial charge in [-0.3, -0.25) is 4.90 Å². The van der Waals surface area contributed by atoms with E-state index in [1.54, 1.807) is 0 Å². The first-order valence-electron chi connectivity index (χ1n) is 6.38. The molecule has 0 unspecified atom stereocenters. The molecule has 2 heterocycles. The molecule has 1 aliphatic heterocycles. The Morgan fingerprint density at radius 2 is 2.12 bits per heavy atom. The Hall–Kier alpha value is -1.16. The normalized spacial score (nSPS) is 22.2. The lowest BCUT2D eigenvalue weighted by molar-refractivity contribution is 0.147. The van der Waals surface area contributed by atoms with Crippen LogP contribution in [-0.2, 0) is 0 Å². The van der Waals surface area contributed by atoms with Crippen LogP contribution in [0.3, 0.4) is 0 Å². The molecule has 0 aliphatic carbocycles. The Bertz CT molecular complexity index is 377. The molecular formula is C13H22N4. The first-order valence-corrected chi connectivity index (χ1v) is 6.38. The number of hydrogen-bond acceptors (Lipinski definition) is 4.